The van der Waals surface area contributed by atoms with Gasteiger partial charge in [0.1, 0.15) is 0 Å². The lowest BCUT2D eigenvalue weighted by Crippen LogP contribution is -1.89. The molecule has 2 nitrogen and oxygen atoms in total. The topological polar surface area (TPSA) is 28.7 Å². The molecule has 3 rings (SSSR count). The number of hydrogen-bond acceptors (Lipinski definition) is 1. The summed E-state index contributed by atoms with van der Waals surface area (Å²) in [6.07, 6.45) is 9.27. The van der Waals surface area contributed by atoms with Gasteiger partial charge in [0.05, 0.1) is 0 Å². The molecule has 0 amide bonds. The molecule has 0 saturated heterocycles. The van der Waals surface area contributed by atoms with Crippen molar-refractivity contribution in [3.63, 3.8) is 0 Å². The predicted octanol–water partition coefficient (Wildman–Crippen LogP) is 3.74. The van der Waals surface area contributed by atoms with Crippen LogP contribution in [-0.4, -0.2) is 9.97 Å². The highest BCUT2D eigenvalue weighted by atomic mass is 14.7. The van der Waals surface area contributed by atoms with Gasteiger partial charge in [-0.2, -0.15) is 0 Å². The van der Waals surface area contributed by atoms with Crippen LogP contribution in [-0.2, 0) is 12.8 Å². The lowest BCUT2D eigenvalue weighted by Gasteiger charge is -2.00. The summed E-state index contributed by atoms with van der Waals surface area (Å²) in [5.41, 5.74) is 3.96. The third-order valence-electron chi connectivity index (χ3n) is 3.31. The van der Waals surface area contributed by atoms with Crippen molar-refractivity contribution in [2.45, 2.75) is 19.3 Å². The minimum atomic E-state index is 1.09. The summed E-state index contributed by atoms with van der Waals surface area (Å²) < 4.78 is 0. The molecule has 0 radical (unpaired) electrons. The lowest BCUT2D eigenvalue weighted by atomic mass is 10.0. The molecule has 0 bridgehead atoms. The van der Waals surface area contributed by atoms with Crippen LogP contribution in [0.4, 0.5) is 0 Å². The molecule has 90 valence electrons. The van der Waals surface area contributed by atoms with Crippen molar-refractivity contribution in [1.29, 1.82) is 0 Å². The van der Waals surface area contributed by atoms with Crippen LogP contribution in [0.15, 0.2) is 55.0 Å². The Kier molecular flexibility index (Phi) is 3.09. The van der Waals surface area contributed by atoms with Crippen molar-refractivity contribution in [3.8, 4) is 0 Å². The zero-order valence-corrected chi connectivity index (χ0v) is 10.3. The molecule has 2 heterocycles. The molecule has 18 heavy (non-hydrogen) atoms. The van der Waals surface area contributed by atoms with Gasteiger partial charge in [0, 0.05) is 29.5 Å². The number of hydrogen-bond donors (Lipinski definition) is 1. The number of fused-ring (bicyclic) bond motifs is 1. The standard InChI is InChI=1S/C16H16N2/c1-2-9-16-15(8-1)14(12-18-16)7-3-5-13-6-4-10-17-11-13/h1-2,4,6,8-12,18H,3,5,7H2. The van der Waals surface area contributed by atoms with Crippen LogP contribution in [0, 0.1) is 0 Å². The molecule has 1 N–H and O–H groups in total. The maximum atomic E-state index is 4.14. The van der Waals surface area contributed by atoms with E-state index in [0.717, 1.165) is 19.3 Å². The van der Waals surface area contributed by atoms with Gasteiger partial charge in [-0.1, -0.05) is 24.3 Å². The van der Waals surface area contributed by atoms with E-state index in [1.54, 1.807) is 0 Å². The summed E-state index contributed by atoms with van der Waals surface area (Å²) in [7, 11) is 0. The number of aromatic amines is 1. The van der Waals surface area contributed by atoms with Gasteiger partial charge in [-0.05, 0) is 42.5 Å². The van der Waals surface area contributed by atoms with E-state index < -0.39 is 0 Å². The Morgan fingerprint density at radius 1 is 1.00 bits per heavy atom. The highest BCUT2D eigenvalue weighted by Gasteiger charge is 2.02. The van der Waals surface area contributed by atoms with Crippen molar-refractivity contribution in [1.82, 2.24) is 9.97 Å². The van der Waals surface area contributed by atoms with Crippen molar-refractivity contribution in [2.24, 2.45) is 0 Å². The minimum Gasteiger partial charge on any atom is -0.361 e. The SMILES string of the molecule is c1cncc(CCCc2c[nH]c3ccccc23)c1. The summed E-state index contributed by atoms with van der Waals surface area (Å²) in [5.74, 6) is 0. The van der Waals surface area contributed by atoms with Gasteiger partial charge in [0.15, 0.2) is 0 Å². The molecule has 0 atom stereocenters. The Hall–Kier alpha value is -2.09. The van der Waals surface area contributed by atoms with E-state index >= 15 is 0 Å². The third-order valence-corrected chi connectivity index (χ3v) is 3.31. The maximum absolute atomic E-state index is 4.14. The van der Waals surface area contributed by atoms with Gasteiger partial charge in [-0.25, -0.2) is 0 Å². The van der Waals surface area contributed by atoms with Crippen LogP contribution in [0.25, 0.3) is 10.9 Å². The van der Waals surface area contributed by atoms with E-state index in [0.29, 0.717) is 0 Å². The van der Waals surface area contributed by atoms with Crippen LogP contribution in [0.3, 0.4) is 0 Å². The maximum Gasteiger partial charge on any atom is 0.0456 e. The van der Waals surface area contributed by atoms with Crippen molar-refractivity contribution in [2.75, 3.05) is 0 Å². The van der Waals surface area contributed by atoms with Crippen LogP contribution in [0.1, 0.15) is 17.5 Å². The Labute approximate surface area is 107 Å². The van der Waals surface area contributed by atoms with E-state index in [4.69, 9.17) is 0 Å². The van der Waals surface area contributed by atoms with Gasteiger partial charge >= 0.3 is 0 Å². The third kappa shape index (κ3) is 2.28. The average molecular weight is 236 g/mol. The summed E-state index contributed by atoms with van der Waals surface area (Å²) in [6, 6.07) is 12.6. The second-order valence-corrected chi connectivity index (χ2v) is 4.57. The Morgan fingerprint density at radius 2 is 1.94 bits per heavy atom. The fourth-order valence-electron chi connectivity index (χ4n) is 2.37. The molecule has 0 fully saturated rings. The number of H-pyrrole nitrogens is 1. The van der Waals surface area contributed by atoms with Gasteiger partial charge in [0.2, 0.25) is 0 Å². The highest BCUT2D eigenvalue weighted by Crippen LogP contribution is 2.19. The quantitative estimate of drug-likeness (QED) is 0.734. The smallest absolute Gasteiger partial charge is 0.0456 e. The molecular weight excluding hydrogens is 220 g/mol. The summed E-state index contributed by atoms with van der Waals surface area (Å²) >= 11 is 0. The molecule has 0 aliphatic heterocycles. The van der Waals surface area contributed by atoms with Gasteiger partial charge in [-0.15, -0.1) is 0 Å². The fraction of sp³-hybridized carbons (Fsp3) is 0.188. The Bertz CT molecular complexity index is 626. The molecule has 0 unspecified atom stereocenters. The Morgan fingerprint density at radius 3 is 2.83 bits per heavy atom. The lowest BCUT2D eigenvalue weighted by molar-refractivity contribution is 0.821. The number of para-hydroxylation sites is 1. The van der Waals surface area contributed by atoms with E-state index in [9.17, 15) is 0 Å². The molecule has 2 heteroatoms. The van der Waals surface area contributed by atoms with Crippen LogP contribution >= 0.6 is 0 Å². The van der Waals surface area contributed by atoms with Crippen LogP contribution in [0.2, 0.25) is 0 Å². The number of rotatable bonds is 4. The number of aromatic nitrogens is 2. The van der Waals surface area contributed by atoms with E-state index in [2.05, 4.69) is 46.5 Å². The van der Waals surface area contributed by atoms with Crippen LogP contribution < -0.4 is 0 Å². The van der Waals surface area contributed by atoms with Crippen molar-refractivity contribution in [3.05, 3.63) is 66.1 Å². The number of aryl methyl sites for hydroxylation is 2. The average Bonchev–Trinajstić information content (AvgIpc) is 2.84. The normalized spacial score (nSPS) is 10.9. The molecule has 0 spiro atoms. The van der Waals surface area contributed by atoms with Gasteiger partial charge in [0.25, 0.3) is 0 Å². The summed E-state index contributed by atoms with van der Waals surface area (Å²) in [6.45, 7) is 0. The Balaban J connectivity index is 1.67. The number of nitrogens with zero attached hydrogens (tertiary/aromatic N) is 1. The first-order valence-electron chi connectivity index (χ1n) is 6.37. The van der Waals surface area contributed by atoms with E-state index in [1.165, 1.54) is 22.0 Å². The number of benzene rings is 1. The largest absolute Gasteiger partial charge is 0.361 e. The predicted molar refractivity (Wildman–Crippen MR) is 74.6 cm³/mol. The minimum absolute atomic E-state index is 1.09. The van der Waals surface area contributed by atoms with Gasteiger partial charge < -0.3 is 4.98 Å². The first-order chi connectivity index (χ1) is 8.93. The van der Waals surface area contributed by atoms with Crippen molar-refractivity contribution >= 4 is 10.9 Å². The summed E-state index contributed by atoms with van der Waals surface area (Å²) in [4.78, 5) is 7.47. The zero-order valence-electron chi connectivity index (χ0n) is 10.3. The monoisotopic (exact) mass is 236 g/mol. The highest BCUT2D eigenvalue weighted by molar-refractivity contribution is 5.82. The zero-order chi connectivity index (χ0) is 12.2. The molecule has 0 saturated carbocycles. The van der Waals surface area contributed by atoms with E-state index in [1.807, 2.05) is 18.5 Å². The van der Waals surface area contributed by atoms with Gasteiger partial charge in [-0.3, -0.25) is 4.98 Å². The van der Waals surface area contributed by atoms with E-state index in [-0.39, 0.29) is 0 Å². The second kappa shape index (κ2) is 5.05. The first kappa shape index (κ1) is 11.0. The first-order valence-corrected chi connectivity index (χ1v) is 6.37. The molecule has 2 aromatic heterocycles. The van der Waals surface area contributed by atoms with Crippen LogP contribution in [0.5, 0.6) is 0 Å². The second-order valence-electron chi connectivity index (χ2n) is 4.57. The molecule has 0 aliphatic rings. The molecule has 3 aromatic rings. The van der Waals surface area contributed by atoms with Crippen molar-refractivity contribution < 1.29 is 0 Å². The molecule has 0 aliphatic carbocycles. The number of pyridine rings is 1. The fourth-order valence-corrected chi connectivity index (χ4v) is 2.37. The summed E-state index contributed by atoms with van der Waals surface area (Å²) in [5, 5.41) is 1.35. The number of nitrogens with one attached hydrogen (secondary N) is 1. The molecule has 1 aromatic carbocycles. The molecular formula is C16H16N2.